The third-order valence-corrected chi connectivity index (χ3v) is 7.64. The van der Waals surface area contributed by atoms with Crippen LogP contribution in [-0.2, 0) is 27.1 Å². The molecular formula is C10H14FN6O11P3. The first kappa shape index (κ1) is 24.0. The number of nitrogens with zero attached hydrogens (tertiary/aromatic N) is 5. The van der Waals surface area contributed by atoms with E-state index in [-0.39, 0.29) is 22.8 Å². The lowest BCUT2D eigenvalue weighted by Crippen LogP contribution is -2.27. The number of fused-ring (bicyclic) bond motifs is 1. The number of nitrogen functional groups attached to an aromatic ring is 1. The van der Waals surface area contributed by atoms with E-state index in [9.17, 15) is 28.1 Å². The van der Waals surface area contributed by atoms with Gasteiger partial charge in [0.25, 0.3) is 0 Å². The van der Waals surface area contributed by atoms with Crippen molar-refractivity contribution in [2.45, 2.75) is 24.6 Å². The molecule has 7 N–H and O–H groups in total. The Bertz CT molecular complexity index is 1150. The van der Waals surface area contributed by atoms with Gasteiger partial charge in [0.1, 0.15) is 18.5 Å². The lowest BCUT2D eigenvalue weighted by molar-refractivity contribution is -0.0103. The Kier molecular flexibility index (Phi) is 6.46. The molecule has 2 unspecified atom stereocenters. The number of ether oxygens (including phenoxy) is 1. The summed E-state index contributed by atoms with van der Waals surface area (Å²) in [4.78, 5) is 43.2. The maximum Gasteiger partial charge on any atom is 0.488 e. The molecule has 0 saturated carbocycles. The minimum absolute atomic E-state index is 0.0241. The number of hydrogen-bond donors (Lipinski definition) is 6. The molecule has 1 aliphatic rings. The van der Waals surface area contributed by atoms with Crippen LogP contribution in [0.1, 0.15) is 6.23 Å². The second-order valence-corrected chi connectivity index (χ2v) is 10.6. The number of rotatable bonds is 7. The first-order valence-corrected chi connectivity index (χ1v) is 12.5. The molecule has 3 heterocycles. The summed E-state index contributed by atoms with van der Waals surface area (Å²) >= 11 is 0. The minimum atomic E-state index is -5.66. The Hall–Kier alpha value is -1.68. The van der Waals surface area contributed by atoms with Crippen molar-refractivity contribution in [3.63, 3.8) is 0 Å². The average Bonchev–Trinajstić information content (AvgIpc) is 3.13. The van der Waals surface area contributed by atoms with Crippen LogP contribution in [0.3, 0.4) is 0 Å². The Labute approximate surface area is 170 Å². The number of aliphatic hydroxyl groups is 1. The van der Waals surface area contributed by atoms with Gasteiger partial charge in [-0.15, -0.1) is 5.10 Å². The highest BCUT2D eigenvalue weighted by atomic mass is 31.3. The van der Waals surface area contributed by atoms with E-state index in [1.54, 1.807) is 0 Å². The summed E-state index contributed by atoms with van der Waals surface area (Å²) in [7, 11) is -16.4. The lowest BCUT2D eigenvalue weighted by Gasteiger charge is -2.15. The smallest absolute Gasteiger partial charge is 0.387 e. The zero-order valence-corrected chi connectivity index (χ0v) is 17.4. The van der Waals surface area contributed by atoms with E-state index in [1.807, 2.05) is 0 Å². The molecule has 21 heteroatoms. The van der Waals surface area contributed by atoms with Crippen molar-refractivity contribution < 1.29 is 56.1 Å². The van der Waals surface area contributed by atoms with E-state index in [0.29, 0.717) is 6.08 Å². The zero-order chi connectivity index (χ0) is 23.2. The molecule has 0 spiro atoms. The van der Waals surface area contributed by atoms with Gasteiger partial charge in [0.15, 0.2) is 29.4 Å². The largest absolute Gasteiger partial charge is 0.488 e. The number of alkyl halides is 1. The molecule has 0 aliphatic carbocycles. The summed E-state index contributed by atoms with van der Waals surface area (Å²) in [6, 6.07) is 0. The van der Waals surface area contributed by atoms with E-state index in [0.717, 1.165) is 11.0 Å². The van der Waals surface area contributed by atoms with E-state index < -0.39 is 47.8 Å². The minimum Gasteiger partial charge on any atom is -0.387 e. The zero-order valence-electron chi connectivity index (χ0n) is 14.8. The van der Waals surface area contributed by atoms with Crippen molar-refractivity contribution in [1.82, 2.24) is 25.0 Å². The topological polar surface area (TPSA) is 263 Å². The Morgan fingerprint density at radius 1 is 1.19 bits per heavy atom. The van der Waals surface area contributed by atoms with E-state index in [2.05, 4.69) is 28.9 Å². The molecule has 31 heavy (non-hydrogen) atoms. The molecule has 2 aromatic rings. The first-order valence-electron chi connectivity index (χ1n) is 7.81. The molecule has 172 valence electrons. The van der Waals surface area contributed by atoms with Crippen LogP contribution in [0.2, 0.25) is 0 Å². The number of hydrogen-bond acceptors (Lipinski definition) is 12. The fourth-order valence-electron chi connectivity index (χ4n) is 2.49. The van der Waals surface area contributed by atoms with Crippen LogP contribution in [-0.4, -0.2) is 68.0 Å². The third kappa shape index (κ3) is 5.58. The van der Waals surface area contributed by atoms with Crippen molar-refractivity contribution in [2.24, 2.45) is 0 Å². The highest BCUT2D eigenvalue weighted by Gasteiger charge is 2.46. The number of anilines is 1. The van der Waals surface area contributed by atoms with Crippen LogP contribution in [0, 0.1) is 0 Å². The molecule has 0 aromatic carbocycles. The van der Waals surface area contributed by atoms with Crippen LogP contribution in [0.4, 0.5) is 10.2 Å². The Morgan fingerprint density at radius 3 is 2.52 bits per heavy atom. The fraction of sp³-hybridized carbons (Fsp3) is 0.400. The second-order valence-electron chi connectivity index (χ2n) is 5.92. The number of halogens is 1. The van der Waals surface area contributed by atoms with Gasteiger partial charge in [-0.1, -0.05) is 5.21 Å². The average molecular weight is 506 g/mol. The summed E-state index contributed by atoms with van der Waals surface area (Å²) in [5.74, 6) is 0.188. The Morgan fingerprint density at radius 2 is 1.87 bits per heavy atom. The predicted molar refractivity (Wildman–Crippen MR) is 95.3 cm³/mol. The Balaban J connectivity index is 1.77. The number of aliphatic hydroxyl groups excluding tert-OH is 1. The second kappa shape index (κ2) is 8.35. The van der Waals surface area contributed by atoms with Crippen molar-refractivity contribution in [3.8, 4) is 0 Å². The molecule has 0 bridgehead atoms. The van der Waals surface area contributed by atoms with E-state index in [1.165, 1.54) is 0 Å². The highest BCUT2D eigenvalue weighted by molar-refractivity contribution is 7.69. The maximum absolute atomic E-state index is 14.6. The molecule has 0 radical (unpaired) electrons. The van der Waals surface area contributed by atoms with Crippen molar-refractivity contribution in [1.29, 1.82) is 0 Å². The summed E-state index contributed by atoms with van der Waals surface area (Å²) in [6.07, 6.45) is -5.51. The molecule has 17 nitrogen and oxygen atoms in total. The van der Waals surface area contributed by atoms with Gasteiger partial charge >= 0.3 is 23.2 Å². The molecular weight excluding hydrogens is 492 g/mol. The molecule has 1 fully saturated rings. The van der Waals surface area contributed by atoms with Gasteiger partial charge in [0.05, 0.1) is 0 Å². The molecule has 3 rings (SSSR count). The van der Waals surface area contributed by atoms with Gasteiger partial charge in [0, 0.05) is 5.82 Å². The van der Waals surface area contributed by atoms with Crippen molar-refractivity contribution >= 4 is 40.2 Å². The van der Waals surface area contributed by atoms with Crippen LogP contribution >= 0.6 is 23.2 Å². The molecule has 1 aliphatic heterocycles. The van der Waals surface area contributed by atoms with Crippen LogP contribution in [0.15, 0.2) is 18.2 Å². The third-order valence-electron chi connectivity index (χ3n) is 3.66. The normalized spacial score (nSPS) is 28.7. The number of phosphoric acid groups is 2. The molecule has 6 atom stereocenters. The van der Waals surface area contributed by atoms with Gasteiger partial charge in [-0.05, 0) is 6.08 Å². The van der Waals surface area contributed by atoms with Gasteiger partial charge < -0.3 is 35.2 Å². The van der Waals surface area contributed by atoms with Gasteiger partial charge in [0.2, 0.25) is 0 Å². The standard InChI is InChI=1S/C10H14FN6O11P3/c11-5-7(18)4(1-2-29(19,20)27-31(24,25)28-30(21,22)23)26-10(5)17-9-6(15-16-17)8(12)13-3-14-9/h1-5,7,10,18H,(H,19,20)(H,24,25)(H2,12,13,14)(H2,21,22,23)/b2-1+/t4-,5+,7-,10-/m1/s1. The summed E-state index contributed by atoms with van der Waals surface area (Å²) in [6.45, 7) is 0. The van der Waals surface area contributed by atoms with Crippen LogP contribution in [0.25, 0.3) is 11.2 Å². The lowest BCUT2D eigenvalue weighted by atomic mass is 10.1. The quantitative estimate of drug-likeness (QED) is 0.254. The predicted octanol–water partition coefficient (Wildman–Crippen LogP) is -0.675. The van der Waals surface area contributed by atoms with Crippen molar-refractivity contribution in [3.05, 3.63) is 18.2 Å². The maximum atomic E-state index is 14.6. The SMILES string of the molecule is Nc1ncnc2c1nnn2[C@@H]1O[C@H](/C=C/P(=O)(O)OP(=O)(O)OP(=O)(O)O)[C@@H](O)[C@@H]1F. The molecule has 2 aromatic heterocycles. The van der Waals surface area contributed by atoms with Crippen LogP contribution < -0.4 is 5.73 Å². The van der Waals surface area contributed by atoms with Crippen molar-refractivity contribution in [2.75, 3.05) is 5.73 Å². The van der Waals surface area contributed by atoms with Crippen LogP contribution in [0.5, 0.6) is 0 Å². The highest BCUT2D eigenvalue weighted by Crippen LogP contribution is 2.66. The monoisotopic (exact) mass is 506 g/mol. The van der Waals surface area contributed by atoms with Gasteiger partial charge in [-0.25, -0.2) is 27.8 Å². The summed E-state index contributed by atoms with van der Waals surface area (Å²) < 4.78 is 61.8. The van der Waals surface area contributed by atoms with E-state index >= 15 is 0 Å². The molecule has 1 saturated heterocycles. The molecule has 0 amide bonds. The first-order chi connectivity index (χ1) is 14.2. The van der Waals surface area contributed by atoms with Gasteiger partial charge in [-0.3, -0.25) is 4.57 Å². The summed E-state index contributed by atoms with van der Waals surface area (Å²) in [5.41, 5.74) is 5.61. The fourth-order valence-corrected chi connectivity index (χ4v) is 5.74. The number of aromatic nitrogens is 5. The van der Waals surface area contributed by atoms with Gasteiger partial charge in [-0.2, -0.15) is 8.99 Å². The number of nitrogens with two attached hydrogens (primary N) is 1. The van der Waals surface area contributed by atoms with E-state index in [4.69, 9.17) is 25.2 Å². The summed E-state index contributed by atoms with van der Waals surface area (Å²) in [5, 5.41) is 17.3.